The molecule has 0 N–H and O–H groups in total. The molecular weight excluding hydrogens is 208 g/mol. The fourth-order valence-electron chi connectivity index (χ4n) is 1.83. The fraction of sp³-hybridized carbons (Fsp3) is 0.667. The topological polar surface area (TPSA) is 52.6 Å². The van der Waals surface area contributed by atoms with Gasteiger partial charge in [0.25, 0.3) is 0 Å². The predicted octanol–water partition coefficient (Wildman–Crippen LogP) is 1.94. The van der Waals surface area contributed by atoms with E-state index in [-0.39, 0.29) is 12.3 Å². The summed E-state index contributed by atoms with van der Waals surface area (Å²) in [5, 5.41) is 0. The summed E-state index contributed by atoms with van der Waals surface area (Å²) < 4.78 is 9.41. The fourth-order valence-corrected chi connectivity index (χ4v) is 1.83. The van der Waals surface area contributed by atoms with Crippen LogP contribution in [0, 0.1) is 11.3 Å². The third-order valence-electron chi connectivity index (χ3n) is 2.40. The molecule has 0 bridgehead atoms. The molecule has 4 heteroatoms. The number of rotatable bonds is 6. The highest BCUT2D eigenvalue weighted by atomic mass is 16.5. The van der Waals surface area contributed by atoms with Gasteiger partial charge >= 0.3 is 11.9 Å². The molecule has 0 aliphatic heterocycles. The van der Waals surface area contributed by atoms with Crippen LogP contribution in [0.2, 0.25) is 0 Å². The van der Waals surface area contributed by atoms with Crippen molar-refractivity contribution in [3.05, 3.63) is 12.7 Å². The first kappa shape index (κ1) is 14.7. The second-order valence-corrected chi connectivity index (χ2v) is 4.16. The van der Waals surface area contributed by atoms with E-state index in [0.29, 0.717) is 6.42 Å². The standard InChI is InChI=1S/C12H20O4/c1-6-7-12(8-9(2)3,10(13)15-4)11(14)16-5/h6,9H,1,7-8H2,2-5H3. The number of methoxy groups -OCH3 is 2. The number of hydrogen-bond donors (Lipinski definition) is 0. The molecular formula is C12H20O4. The summed E-state index contributed by atoms with van der Waals surface area (Å²) in [5.74, 6) is -0.945. The van der Waals surface area contributed by atoms with Crippen LogP contribution in [0.15, 0.2) is 12.7 Å². The van der Waals surface area contributed by atoms with Crippen LogP contribution >= 0.6 is 0 Å². The van der Waals surface area contributed by atoms with Crippen molar-refractivity contribution in [2.45, 2.75) is 26.7 Å². The maximum Gasteiger partial charge on any atom is 0.323 e. The Morgan fingerprint density at radius 2 is 1.69 bits per heavy atom. The molecule has 0 aromatic heterocycles. The predicted molar refractivity (Wildman–Crippen MR) is 60.7 cm³/mol. The first-order valence-corrected chi connectivity index (χ1v) is 5.22. The van der Waals surface area contributed by atoms with Crippen molar-refractivity contribution < 1.29 is 19.1 Å². The molecule has 0 atom stereocenters. The Kier molecular flexibility index (Phi) is 5.78. The summed E-state index contributed by atoms with van der Waals surface area (Å²) >= 11 is 0. The Labute approximate surface area is 96.6 Å². The van der Waals surface area contributed by atoms with Gasteiger partial charge < -0.3 is 9.47 Å². The lowest BCUT2D eigenvalue weighted by Crippen LogP contribution is -2.42. The van der Waals surface area contributed by atoms with Crippen LogP contribution in [0.3, 0.4) is 0 Å². The zero-order valence-electron chi connectivity index (χ0n) is 10.4. The lowest BCUT2D eigenvalue weighted by Gasteiger charge is -2.28. The minimum atomic E-state index is -1.25. The number of esters is 2. The summed E-state index contributed by atoms with van der Waals surface area (Å²) in [7, 11) is 2.53. The van der Waals surface area contributed by atoms with E-state index >= 15 is 0 Å². The minimum Gasteiger partial charge on any atom is -0.468 e. The van der Waals surface area contributed by atoms with Gasteiger partial charge in [0.1, 0.15) is 0 Å². The summed E-state index contributed by atoms with van der Waals surface area (Å²) in [6.45, 7) is 7.44. The maximum absolute atomic E-state index is 11.8. The molecule has 0 heterocycles. The van der Waals surface area contributed by atoms with Crippen LogP contribution < -0.4 is 0 Å². The second kappa shape index (κ2) is 6.30. The van der Waals surface area contributed by atoms with Crippen LogP contribution in [-0.2, 0) is 19.1 Å². The van der Waals surface area contributed by atoms with Gasteiger partial charge in [-0.1, -0.05) is 19.9 Å². The molecule has 0 unspecified atom stereocenters. The molecule has 0 fully saturated rings. The maximum atomic E-state index is 11.8. The molecule has 0 aliphatic rings. The van der Waals surface area contributed by atoms with Gasteiger partial charge in [0.15, 0.2) is 5.41 Å². The van der Waals surface area contributed by atoms with Crippen LogP contribution in [0.5, 0.6) is 0 Å². The molecule has 0 aliphatic carbocycles. The Morgan fingerprint density at radius 1 is 1.25 bits per heavy atom. The van der Waals surface area contributed by atoms with Crippen molar-refractivity contribution >= 4 is 11.9 Å². The average molecular weight is 228 g/mol. The third-order valence-corrected chi connectivity index (χ3v) is 2.40. The Bertz CT molecular complexity index is 252. The van der Waals surface area contributed by atoms with E-state index < -0.39 is 17.4 Å². The Balaban J connectivity index is 5.27. The molecule has 92 valence electrons. The first-order chi connectivity index (χ1) is 7.44. The third kappa shape index (κ3) is 3.08. The normalized spacial score (nSPS) is 11.1. The monoisotopic (exact) mass is 228 g/mol. The zero-order valence-corrected chi connectivity index (χ0v) is 10.4. The highest BCUT2D eigenvalue weighted by molar-refractivity contribution is 6.00. The lowest BCUT2D eigenvalue weighted by atomic mass is 9.77. The molecule has 0 rings (SSSR count). The van der Waals surface area contributed by atoms with Crippen molar-refractivity contribution in [1.29, 1.82) is 0 Å². The summed E-state index contributed by atoms with van der Waals surface area (Å²) in [6.07, 6.45) is 2.15. The van der Waals surface area contributed by atoms with Gasteiger partial charge in [-0.2, -0.15) is 0 Å². The summed E-state index contributed by atoms with van der Waals surface area (Å²) in [4.78, 5) is 23.6. The van der Waals surface area contributed by atoms with E-state index in [1.165, 1.54) is 20.3 Å². The van der Waals surface area contributed by atoms with Crippen molar-refractivity contribution in [3.8, 4) is 0 Å². The van der Waals surface area contributed by atoms with E-state index in [4.69, 9.17) is 9.47 Å². The lowest BCUT2D eigenvalue weighted by molar-refractivity contribution is -0.170. The average Bonchev–Trinajstić information content (AvgIpc) is 2.25. The molecule has 0 amide bonds. The zero-order chi connectivity index (χ0) is 12.8. The smallest absolute Gasteiger partial charge is 0.323 e. The van der Waals surface area contributed by atoms with Crippen LogP contribution in [0.25, 0.3) is 0 Å². The van der Waals surface area contributed by atoms with Crippen molar-refractivity contribution in [3.63, 3.8) is 0 Å². The van der Waals surface area contributed by atoms with Gasteiger partial charge in [0.05, 0.1) is 14.2 Å². The van der Waals surface area contributed by atoms with Gasteiger partial charge in [-0.3, -0.25) is 9.59 Å². The van der Waals surface area contributed by atoms with Crippen molar-refractivity contribution in [2.75, 3.05) is 14.2 Å². The highest BCUT2D eigenvalue weighted by Crippen LogP contribution is 2.33. The molecule has 16 heavy (non-hydrogen) atoms. The van der Waals surface area contributed by atoms with Gasteiger partial charge in [0, 0.05) is 0 Å². The molecule has 4 nitrogen and oxygen atoms in total. The number of ether oxygens (including phenoxy) is 2. The van der Waals surface area contributed by atoms with Gasteiger partial charge in [-0.05, 0) is 18.8 Å². The molecule has 0 saturated carbocycles. The summed E-state index contributed by atoms with van der Waals surface area (Å²) in [5.41, 5.74) is -1.25. The largest absolute Gasteiger partial charge is 0.468 e. The highest BCUT2D eigenvalue weighted by Gasteiger charge is 2.47. The van der Waals surface area contributed by atoms with Crippen LogP contribution in [-0.4, -0.2) is 26.2 Å². The minimum absolute atomic E-state index is 0.179. The number of carbonyl (C=O) groups is 2. The van der Waals surface area contributed by atoms with Gasteiger partial charge in [-0.15, -0.1) is 6.58 Å². The van der Waals surface area contributed by atoms with E-state index in [2.05, 4.69) is 6.58 Å². The van der Waals surface area contributed by atoms with Crippen LogP contribution in [0.4, 0.5) is 0 Å². The number of allylic oxidation sites excluding steroid dienone is 1. The first-order valence-electron chi connectivity index (χ1n) is 5.22. The summed E-state index contributed by atoms with van der Waals surface area (Å²) in [6, 6.07) is 0. The van der Waals surface area contributed by atoms with E-state index in [0.717, 1.165) is 0 Å². The van der Waals surface area contributed by atoms with E-state index in [1.807, 2.05) is 13.8 Å². The molecule has 0 saturated heterocycles. The molecule has 0 aromatic rings. The van der Waals surface area contributed by atoms with E-state index in [1.54, 1.807) is 0 Å². The molecule has 0 spiro atoms. The Morgan fingerprint density at radius 3 is 1.94 bits per heavy atom. The van der Waals surface area contributed by atoms with Gasteiger partial charge in [-0.25, -0.2) is 0 Å². The van der Waals surface area contributed by atoms with Crippen molar-refractivity contribution in [2.24, 2.45) is 11.3 Å². The quantitative estimate of drug-likeness (QED) is 0.396. The van der Waals surface area contributed by atoms with Gasteiger partial charge in [0.2, 0.25) is 0 Å². The second-order valence-electron chi connectivity index (χ2n) is 4.16. The Hall–Kier alpha value is -1.32. The molecule has 0 radical (unpaired) electrons. The SMILES string of the molecule is C=CCC(CC(C)C)(C(=O)OC)C(=O)OC. The van der Waals surface area contributed by atoms with E-state index in [9.17, 15) is 9.59 Å². The molecule has 0 aromatic carbocycles. The number of hydrogen-bond acceptors (Lipinski definition) is 4. The van der Waals surface area contributed by atoms with Crippen molar-refractivity contribution in [1.82, 2.24) is 0 Å². The van der Waals surface area contributed by atoms with Crippen LogP contribution in [0.1, 0.15) is 26.7 Å². The number of carbonyl (C=O) groups excluding carboxylic acids is 2.